The number of carboxylic acid groups (broad SMARTS) is 1. The number of ether oxygens (including phenoxy) is 2. The van der Waals surface area contributed by atoms with Crippen molar-refractivity contribution < 1.29 is 32.6 Å². The van der Waals surface area contributed by atoms with Crippen molar-refractivity contribution in [2.24, 2.45) is 0 Å². The molecule has 1 unspecified atom stereocenters. The zero-order chi connectivity index (χ0) is 20.4. The van der Waals surface area contributed by atoms with E-state index in [1.54, 1.807) is 32.6 Å². The van der Waals surface area contributed by atoms with Gasteiger partial charge in [-0.15, -0.1) is 0 Å². The average Bonchev–Trinajstić information content (AvgIpc) is 2.53. The Morgan fingerprint density at radius 1 is 1.19 bits per heavy atom. The van der Waals surface area contributed by atoms with Gasteiger partial charge in [-0.05, 0) is 52.2 Å². The Balaban J connectivity index is 2.08. The monoisotopic (exact) mass is 399 g/mol. The van der Waals surface area contributed by atoms with Gasteiger partial charge in [0.05, 0.1) is 11.7 Å². The van der Waals surface area contributed by atoms with Gasteiger partial charge in [-0.25, -0.2) is 9.59 Å². The van der Waals surface area contributed by atoms with Gasteiger partial charge in [0.2, 0.25) is 10.3 Å². The van der Waals surface area contributed by atoms with Crippen LogP contribution in [0.15, 0.2) is 23.3 Å². The van der Waals surface area contributed by atoms with Crippen LogP contribution in [0.4, 0.5) is 4.79 Å². The summed E-state index contributed by atoms with van der Waals surface area (Å²) in [6, 6.07) is 0. The van der Waals surface area contributed by atoms with Crippen LogP contribution >= 0.6 is 0 Å². The number of carbonyl (C=O) groups excluding carboxylic acids is 1. The number of nitrogens with zero attached hydrogens (tertiary/aromatic N) is 1. The van der Waals surface area contributed by atoms with Crippen LogP contribution in [0.2, 0.25) is 0 Å². The predicted molar refractivity (Wildman–Crippen MR) is 99.1 cm³/mol. The number of carbonyl (C=O) groups is 2. The van der Waals surface area contributed by atoms with Gasteiger partial charge in [0, 0.05) is 13.1 Å². The number of hydrogen-bond acceptors (Lipinski definition) is 6. The van der Waals surface area contributed by atoms with Crippen LogP contribution in [-0.4, -0.2) is 66.2 Å². The average molecular weight is 399 g/mol. The highest BCUT2D eigenvalue weighted by atomic mass is 32.2. The lowest BCUT2D eigenvalue weighted by Crippen LogP contribution is -2.45. The van der Waals surface area contributed by atoms with Crippen molar-refractivity contribution in [3.05, 3.63) is 23.3 Å². The van der Waals surface area contributed by atoms with Crippen LogP contribution in [0.3, 0.4) is 0 Å². The first-order chi connectivity index (χ1) is 12.5. The number of hydrogen-bond donors (Lipinski definition) is 1. The molecule has 0 saturated carbocycles. The number of allylic oxidation sites excluding steroid dienone is 2. The topological polar surface area (TPSA) is 110 Å². The first-order valence-corrected chi connectivity index (χ1v) is 9.78. The molecule has 150 valence electrons. The fraction of sp³-hybridized carbons (Fsp3) is 0.611. The van der Waals surface area contributed by atoms with Gasteiger partial charge in [0.25, 0.3) is 0 Å². The first kappa shape index (κ1) is 21.2. The Morgan fingerprint density at radius 3 is 2.26 bits per heavy atom. The molecule has 9 heteroatoms. The van der Waals surface area contributed by atoms with Gasteiger partial charge < -0.3 is 19.5 Å². The van der Waals surface area contributed by atoms with Crippen LogP contribution in [0.1, 0.15) is 40.5 Å². The largest absolute Gasteiger partial charge is 0.478 e. The van der Waals surface area contributed by atoms with Crippen molar-refractivity contribution >= 4 is 27.2 Å². The smallest absolute Gasteiger partial charge is 0.410 e. The lowest BCUT2D eigenvalue weighted by Gasteiger charge is -2.35. The molecule has 8 nitrogen and oxygen atoms in total. The number of rotatable bonds is 3. The highest BCUT2D eigenvalue weighted by molar-refractivity contribution is 7.73. The maximum absolute atomic E-state index is 12.1. The molecular weight excluding hydrogens is 374 g/mol. The van der Waals surface area contributed by atoms with E-state index in [1.807, 2.05) is 0 Å². The molecule has 1 aliphatic carbocycles. The Bertz CT molecular complexity index is 801. The molecule has 1 N–H and O–H groups in total. The molecule has 0 aromatic rings. The number of aliphatic carboxylic acids is 1. The second-order valence-electron chi connectivity index (χ2n) is 7.56. The van der Waals surface area contributed by atoms with Gasteiger partial charge in [0.1, 0.15) is 16.6 Å². The maximum atomic E-state index is 12.1. The van der Waals surface area contributed by atoms with Crippen LogP contribution in [0.5, 0.6) is 0 Å². The molecule has 2 rings (SSSR count). The summed E-state index contributed by atoms with van der Waals surface area (Å²) in [4.78, 5) is 25.1. The second-order valence-corrected chi connectivity index (χ2v) is 8.47. The van der Waals surface area contributed by atoms with Gasteiger partial charge in [-0.1, -0.05) is 6.08 Å². The minimum absolute atomic E-state index is 0.0653. The number of likely N-dealkylation sites (tertiary alicyclic amines) is 1. The highest BCUT2D eigenvalue weighted by Crippen LogP contribution is 2.25. The third-order valence-corrected chi connectivity index (χ3v) is 5.17. The van der Waals surface area contributed by atoms with E-state index in [1.165, 1.54) is 12.2 Å². The van der Waals surface area contributed by atoms with Crippen molar-refractivity contribution in [3.63, 3.8) is 0 Å². The second kappa shape index (κ2) is 8.26. The van der Waals surface area contributed by atoms with E-state index in [4.69, 9.17) is 9.47 Å². The summed E-state index contributed by atoms with van der Waals surface area (Å²) in [6.07, 6.45) is 1.84. The number of amides is 1. The molecular formula is C18H25NO7S. The molecule has 0 aromatic carbocycles. The molecule has 2 aliphatic rings. The lowest BCUT2D eigenvalue weighted by atomic mass is 9.95. The van der Waals surface area contributed by atoms with E-state index in [-0.39, 0.29) is 16.5 Å². The zero-order valence-electron chi connectivity index (χ0n) is 15.9. The molecule has 1 heterocycles. The summed E-state index contributed by atoms with van der Waals surface area (Å²) in [5.74, 6) is -1.22. The first-order valence-electron chi connectivity index (χ1n) is 8.71. The Hall–Kier alpha value is -2.13. The van der Waals surface area contributed by atoms with E-state index >= 15 is 0 Å². The minimum atomic E-state index is -2.59. The highest BCUT2D eigenvalue weighted by Gasteiger charge is 2.35. The Labute approximate surface area is 160 Å². The van der Waals surface area contributed by atoms with E-state index in [9.17, 15) is 23.1 Å². The molecule has 0 aromatic heterocycles. The summed E-state index contributed by atoms with van der Waals surface area (Å²) in [5, 5.41) is 9.39. The molecule has 1 amide bonds. The zero-order valence-corrected chi connectivity index (χ0v) is 16.7. The number of piperidine rings is 1. The van der Waals surface area contributed by atoms with Crippen LogP contribution in [0, 0.1) is 0 Å². The molecule has 1 atom stereocenters. The lowest BCUT2D eigenvalue weighted by molar-refractivity contribution is -0.134. The third-order valence-electron chi connectivity index (χ3n) is 4.27. The molecule has 0 radical (unpaired) electrons. The van der Waals surface area contributed by atoms with E-state index in [0.717, 1.165) is 0 Å². The summed E-state index contributed by atoms with van der Waals surface area (Å²) in [7, 11) is -2.59. The molecule has 27 heavy (non-hydrogen) atoms. The van der Waals surface area contributed by atoms with Gasteiger partial charge in [0.15, 0.2) is 0 Å². The minimum Gasteiger partial charge on any atom is -0.478 e. The summed E-state index contributed by atoms with van der Waals surface area (Å²) >= 11 is 0. The molecule has 0 bridgehead atoms. The van der Waals surface area contributed by atoms with Gasteiger partial charge in [-0.2, -0.15) is 8.42 Å². The van der Waals surface area contributed by atoms with Crippen molar-refractivity contribution in [2.45, 2.75) is 58.3 Å². The standard InChI is InChI=1S/C18H25NO7S/c1-11-5-6-13(16(20)21)14(15(11)27(23)24)25-12-7-9-19(10-8-12)17(22)26-18(2,3)4/h5-6,12,14H,7-10H2,1-4H3,(H,20,21). The Morgan fingerprint density at radius 2 is 1.78 bits per heavy atom. The van der Waals surface area contributed by atoms with Gasteiger partial charge >= 0.3 is 12.1 Å². The summed E-state index contributed by atoms with van der Waals surface area (Å²) < 4.78 is 34.4. The summed E-state index contributed by atoms with van der Waals surface area (Å²) in [6.45, 7) is 7.76. The van der Waals surface area contributed by atoms with E-state index < -0.39 is 34.1 Å². The normalized spacial score (nSPS) is 21.4. The van der Waals surface area contributed by atoms with Crippen LogP contribution < -0.4 is 0 Å². The van der Waals surface area contributed by atoms with Crippen molar-refractivity contribution in [2.75, 3.05) is 13.1 Å². The fourth-order valence-corrected chi connectivity index (χ4v) is 3.65. The predicted octanol–water partition coefficient (Wildman–Crippen LogP) is 1.79. The quantitative estimate of drug-likeness (QED) is 0.720. The molecule has 1 saturated heterocycles. The Kier molecular flexibility index (Phi) is 6.48. The summed E-state index contributed by atoms with van der Waals surface area (Å²) in [5.41, 5.74) is -0.251. The molecule has 1 aliphatic heterocycles. The van der Waals surface area contributed by atoms with E-state index in [0.29, 0.717) is 31.5 Å². The number of carboxylic acids is 1. The van der Waals surface area contributed by atoms with Crippen molar-refractivity contribution in [1.29, 1.82) is 0 Å². The van der Waals surface area contributed by atoms with E-state index in [2.05, 4.69) is 0 Å². The van der Waals surface area contributed by atoms with Crippen LogP contribution in [-0.2, 0) is 24.6 Å². The fourth-order valence-electron chi connectivity index (χ4n) is 2.96. The maximum Gasteiger partial charge on any atom is 0.410 e. The third kappa shape index (κ3) is 5.43. The molecule has 0 spiro atoms. The van der Waals surface area contributed by atoms with Gasteiger partial charge in [-0.3, -0.25) is 0 Å². The van der Waals surface area contributed by atoms with Crippen LogP contribution in [0.25, 0.3) is 0 Å². The molecule has 1 fully saturated rings. The SMILES string of the molecule is CC1=CC=C(C(=O)O)C(OC2CCN(C(=O)OC(C)(C)C)CC2)C1=S(=O)=O. The van der Waals surface area contributed by atoms with Crippen molar-refractivity contribution in [1.82, 2.24) is 4.90 Å². The van der Waals surface area contributed by atoms with Crippen molar-refractivity contribution in [3.8, 4) is 0 Å².